The van der Waals surface area contributed by atoms with Crippen molar-refractivity contribution in [2.75, 3.05) is 31.1 Å². The molecule has 4 rings (SSSR count). The van der Waals surface area contributed by atoms with Crippen LogP contribution in [0, 0.1) is 32.4 Å². The van der Waals surface area contributed by atoms with Gasteiger partial charge in [0.15, 0.2) is 5.82 Å². The minimum absolute atomic E-state index is 0.137. The van der Waals surface area contributed by atoms with Gasteiger partial charge < -0.3 is 4.90 Å². The molecule has 3 aromatic rings. The van der Waals surface area contributed by atoms with Crippen LogP contribution in [-0.4, -0.2) is 49.1 Å². The summed E-state index contributed by atoms with van der Waals surface area (Å²) in [5.74, 6) is -1.11. The highest BCUT2D eigenvalue weighted by Gasteiger charge is 2.31. The number of aryl methyl sites for hydroxylation is 3. The third-order valence-electron chi connectivity index (χ3n) is 5.84. The van der Waals surface area contributed by atoms with Gasteiger partial charge in [0.25, 0.3) is 0 Å². The minimum Gasteiger partial charge on any atom is -0.352 e. The van der Waals surface area contributed by atoms with Crippen LogP contribution in [0.2, 0.25) is 0 Å². The Hall–Kier alpha value is -2.91. The van der Waals surface area contributed by atoms with Crippen LogP contribution in [-0.2, 0) is 10.0 Å². The molecule has 1 saturated heterocycles. The minimum atomic E-state index is -4.12. The van der Waals surface area contributed by atoms with Crippen LogP contribution in [0.15, 0.2) is 47.4 Å². The average molecular weight is 459 g/mol. The van der Waals surface area contributed by atoms with Crippen LogP contribution >= 0.6 is 0 Å². The maximum atomic E-state index is 14.0. The van der Waals surface area contributed by atoms with E-state index in [1.807, 2.05) is 24.0 Å². The van der Waals surface area contributed by atoms with Crippen LogP contribution in [0.1, 0.15) is 16.7 Å². The second-order valence-electron chi connectivity index (χ2n) is 7.99. The number of benzene rings is 2. The number of aromatic nitrogens is 2. The summed E-state index contributed by atoms with van der Waals surface area (Å²) in [6.45, 7) is 7.18. The molecule has 0 bridgehead atoms. The summed E-state index contributed by atoms with van der Waals surface area (Å²) in [4.78, 5) is 1.29. The molecule has 0 atom stereocenters. The summed E-state index contributed by atoms with van der Waals surface area (Å²) < 4.78 is 54.2. The summed E-state index contributed by atoms with van der Waals surface area (Å²) >= 11 is 0. The smallest absolute Gasteiger partial charge is 0.246 e. The Bertz CT molecular complexity index is 1260. The number of hydrogen-bond donors (Lipinski definition) is 0. The largest absolute Gasteiger partial charge is 0.352 e. The van der Waals surface area contributed by atoms with Gasteiger partial charge in [-0.2, -0.15) is 4.31 Å². The summed E-state index contributed by atoms with van der Waals surface area (Å²) in [6.07, 6.45) is 0. The molecule has 168 valence electrons. The number of nitrogens with zero attached hydrogens (tertiary/aromatic N) is 4. The maximum absolute atomic E-state index is 14.0. The molecule has 0 aliphatic carbocycles. The molecular weight excluding hydrogens is 434 g/mol. The van der Waals surface area contributed by atoms with Gasteiger partial charge >= 0.3 is 0 Å². The highest BCUT2D eigenvalue weighted by Crippen LogP contribution is 2.26. The predicted octanol–water partition coefficient (Wildman–Crippen LogP) is 3.86. The van der Waals surface area contributed by atoms with Gasteiger partial charge in [0.2, 0.25) is 10.0 Å². The van der Waals surface area contributed by atoms with Crippen molar-refractivity contribution in [3.63, 3.8) is 0 Å². The van der Waals surface area contributed by atoms with Gasteiger partial charge in [-0.15, -0.1) is 10.2 Å². The lowest BCUT2D eigenvalue weighted by Gasteiger charge is -2.34. The Morgan fingerprint density at radius 3 is 2.16 bits per heavy atom. The number of anilines is 1. The highest BCUT2D eigenvalue weighted by atomic mass is 32.2. The van der Waals surface area contributed by atoms with E-state index in [9.17, 15) is 17.2 Å². The molecule has 0 radical (unpaired) electrons. The molecule has 1 fully saturated rings. The van der Waals surface area contributed by atoms with E-state index in [1.165, 1.54) is 15.4 Å². The standard InChI is InChI=1S/C23H24F2N4O2S/c1-15-12-17(3)19(13-16(15)2)21-6-7-23(27-26-21)28-8-10-29(11-9-28)32(30,31)22-14-18(24)4-5-20(22)25/h4-7,12-14H,8-11H2,1-3H3. The lowest BCUT2D eigenvalue weighted by molar-refractivity contribution is 0.380. The molecular formula is C23H24F2N4O2S. The Labute approximate surface area is 186 Å². The number of halogens is 2. The van der Waals surface area contributed by atoms with Crippen LogP contribution < -0.4 is 4.90 Å². The molecule has 2 heterocycles. The summed E-state index contributed by atoms with van der Waals surface area (Å²) in [6, 6.07) is 10.4. The van der Waals surface area contributed by atoms with Crippen LogP contribution in [0.25, 0.3) is 11.3 Å². The Kier molecular flexibility index (Phi) is 5.96. The van der Waals surface area contributed by atoms with Crippen molar-refractivity contribution in [3.8, 4) is 11.3 Å². The first-order valence-electron chi connectivity index (χ1n) is 10.3. The van der Waals surface area contributed by atoms with E-state index in [0.29, 0.717) is 18.9 Å². The maximum Gasteiger partial charge on any atom is 0.246 e. The van der Waals surface area contributed by atoms with E-state index in [4.69, 9.17) is 0 Å². The molecule has 0 unspecified atom stereocenters. The van der Waals surface area contributed by atoms with Gasteiger partial charge in [0.05, 0.1) is 5.69 Å². The summed E-state index contributed by atoms with van der Waals surface area (Å²) in [7, 11) is -4.12. The third-order valence-corrected chi connectivity index (χ3v) is 7.75. The van der Waals surface area contributed by atoms with Gasteiger partial charge in [-0.1, -0.05) is 6.07 Å². The first-order valence-corrected chi connectivity index (χ1v) is 11.7. The molecule has 0 N–H and O–H groups in total. The third kappa shape index (κ3) is 4.22. The van der Waals surface area contributed by atoms with Crippen molar-refractivity contribution < 1.29 is 17.2 Å². The fraction of sp³-hybridized carbons (Fsp3) is 0.304. The Morgan fingerprint density at radius 2 is 1.50 bits per heavy atom. The summed E-state index contributed by atoms with van der Waals surface area (Å²) in [5, 5.41) is 8.72. The molecule has 32 heavy (non-hydrogen) atoms. The highest BCUT2D eigenvalue weighted by molar-refractivity contribution is 7.89. The second kappa shape index (κ2) is 8.55. The fourth-order valence-corrected chi connectivity index (χ4v) is 5.34. The number of sulfonamides is 1. The zero-order valence-electron chi connectivity index (χ0n) is 18.1. The van der Waals surface area contributed by atoms with E-state index in [2.05, 4.69) is 36.2 Å². The van der Waals surface area contributed by atoms with Crippen molar-refractivity contribution in [1.29, 1.82) is 0 Å². The van der Waals surface area contributed by atoms with Crippen molar-refractivity contribution >= 4 is 15.8 Å². The number of piperazine rings is 1. The first kappa shape index (κ1) is 22.3. The van der Waals surface area contributed by atoms with Crippen molar-refractivity contribution in [2.45, 2.75) is 25.7 Å². The van der Waals surface area contributed by atoms with E-state index < -0.39 is 26.6 Å². The van der Waals surface area contributed by atoms with Crippen LogP contribution in [0.3, 0.4) is 0 Å². The van der Waals surface area contributed by atoms with Gasteiger partial charge in [-0.25, -0.2) is 17.2 Å². The molecule has 1 aromatic heterocycles. The topological polar surface area (TPSA) is 66.4 Å². The van der Waals surface area contributed by atoms with Crippen LogP contribution in [0.5, 0.6) is 0 Å². The van der Waals surface area contributed by atoms with Crippen molar-refractivity contribution in [3.05, 3.63) is 70.8 Å². The van der Waals surface area contributed by atoms with Gasteiger partial charge in [-0.05, 0) is 73.9 Å². The molecule has 0 amide bonds. The molecule has 0 saturated carbocycles. The van der Waals surface area contributed by atoms with E-state index >= 15 is 0 Å². The summed E-state index contributed by atoms with van der Waals surface area (Å²) in [5.41, 5.74) is 5.33. The normalized spacial score (nSPS) is 15.2. The molecule has 1 aliphatic rings. The average Bonchev–Trinajstić information content (AvgIpc) is 2.78. The fourth-order valence-electron chi connectivity index (χ4n) is 3.85. The molecule has 1 aliphatic heterocycles. The van der Waals surface area contributed by atoms with Gasteiger partial charge in [-0.3, -0.25) is 0 Å². The lowest BCUT2D eigenvalue weighted by atomic mass is 9.99. The Balaban J connectivity index is 1.48. The van der Waals surface area contributed by atoms with E-state index in [-0.39, 0.29) is 13.1 Å². The zero-order chi connectivity index (χ0) is 23.0. The predicted molar refractivity (Wildman–Crippen MR) is 119 cm³/mol. The molecule has 6 nitrogen and oxygen atoms in total. The second-order valence-corrected chi connectivity index (χ2v) is 9.90. The van der Waals surface area contributed by atoms with Crippen molar-refractivity contribution in [2.24, 2.45) is 0 Å². The number of hydrogen-bond acceptors (Lipinski definition) is 5. The monoisotopic (exact) mass is 458 g/mol. The van der Waals surface area contributed by atoms with E-state index in [0.717, 1.165) is 35.0 Å². The molecule has 2 aromatic carbocycles. The Morgan fingerprint density at radius 1 is 0.812 bits per heavy atom. The van der Waals surface area contributed by atoms with E-state index in [1.54, 1.807) is 0 Å². The quantitative estimate of drug-likeness (QED) is 0.594. The first-order chi connectivity index (χ1) is 15.2. The zero-order valence-corrected chi connectivity index (χ0v) is 19.0. The SMILES string of the molecule is Cc1cc(C)c(-c2ccc(N3CCN(S(=O)(=O)c4cc(F)ccc4F)CC3)nn2)cc1C. The van der Waals surface area contributed by atoms with Crippen molar-refractivity contribution in [1.82, 2.24) is 14.5 Å². The van der Waals surface area contributed by atoms with Gasteiger partial charge in [0, 0.05) is 31.7 Å². The van der Waals surface area contributed by atoms with Crippen LogP contribution in [0.4, 0.5) is 14.6 Å². The molecule has 9 heteroatoms. The van der Waals surface area contributed by atoms with Gasteiger partial charge in [0.1, 0.15) is 16.5 Å². The lowest BCUT2D eigenvalue weighted by Crippen LogP contribution is -2.49. The number of rotatable bonds is 4. The molecule has 0 spiro atoms.